The van der Waals surface area contributed by atoms with E-state index >= 15 is 0 Å². The summed E-state index contributed by atoms with van der Waals surface area (Å²) in [4.78, 5) is 0. The molecule has 0 saturated carbocycles. The molecule has 3 nitrogen and oxygen atoms in total. The normalized spacial score (nSPS) is 16.5. The van der Waals surface area contributed by atoms with Crippen LogP contribution < -0.4 is 5.32 Å². The van der Waals surface area contributed by atoms with Gasteiger partial charge in [0, 0.05) is 7.11 Å². The van der Waals surface area contributed by atoms with Gasteiger partial charge in [0.05, 0.1) is 6.34 Å². The molecule has 0 bridgehead atoms. The van der Waals surface area contributed by atoms with Gasteiger partial charge in [-0.15, -0.1) is 0 Å². The molecule has 0 heterocycles. The molecule has 0 aromatic carbocycles. The Bertz CT molecular complexity index is 231. The van der Waals surface area contributed by atoms with Gasteiger partial charge in [0.25, 0.3) is 0 Å². The van der Waals surface area contributed by atoms with Crippen molar-refractivity contribution in [2.45, 2.75) is 13.8 Å². The molecule has 76 valence electrons. The summed E-state index contributed by atoms with van der Waals surface area (Å²) in [7, 11) is 1.61. The second-order valence-electron chi connectivity index (χ2n) is 1.98. The first kappa shape index (κ1) is 13.2. The Hall–Kier alpha value is 0.170. The zero-order valence-corrected chi connectivity index (χ0v) is 10.6. The highest BCUT2D eigenvalue weighted by atomic mass is 32.9. The van der Waals surface area contributed by atoms with Crippen molar-refractivity contribution in [2.24, 2.45) is 4.76 Å². The molecule has 6 heteroatoms. The Kier molecular flexibility index (Phi) is 7.66. The molecule has 0 radical (unpaired) electrons. The lowest BCUT2D eigenvalue weighted by Crippen LogP contribution is -1.99. The van der Waals surface area contributed by atoms with Crippen LogP contribution in [0, 0.1) is 0 Å². The lowest BCUT2D eigenvalue weighted by Gasteiger charge is -2.11. The van der Waals surface area contributed by atoms with Gasteiger partial charge in [-0.1, -0.05) is 24.4 Å². The zero-order chi connectivity index (χ0) is 10.2. The fourth-order valence-corrected chi connectivity index (χ4v) is 4.07. The van der Waals surface area contributed by atoms with E-state index in [-0.39, 0.29) is 0 Å². The SMILES string of the molecule is CC=CN/C=N/P(=S)(OC)SCC. The van der Waals surface area contributed by atoms with Crippen LogP contribution in [0.1, 0.15) is 13.8 Å². The third-order valence-electron chi connectivity index (χ3n) is 1.06. The van der Waals surface area contributed by atoms with Crippen LogP contribution in [-0.4, -0.2) is 19.2 Å². The molecule has 1 unspecified atom stereocenters. The first-order chi connectivity index (χ1) is 6.18. The summed E-state index contributed by atoms with van der Waals surface area (Å²) >= 11 is 6.82. The Labute approximate surface area is 88.9 Å². The predicted molar refractivity (Wildman–Crippen MR) is 65.9 cm³/mol. The third-order valence-corrected chi connectivity index (χ3v) is 6.67. The quantitative estimate of drug-likeness (QED) is 0.438. The Morgan fingerprint density at radius 1 is 1.69 bits per heavy atom. The lowest BCUT2D eigenvalue weighted by molar-refractivity contribution is 0.471. The number of rotatable bonds is 6. The molecule has 1 atom stereocenters. The second-order valence-corrected chi connectivity index (χ2v) is 8.79. The summed E-state index contributed by atoms with van der Waals surface area (Å²) in [6.45, 7) is 3.97. The van der Waals surface area contributed by atoms with E-state index < -0.39 is 5.62 Å². The van der Waals surface area contributed by atoms with Crippen molar-refractivity contribution in [2.75, 3.05) is 12.9 Å². The van der Waals surface area contributed by atoms with Crippen LogP contribution in [0.2, 0.25) is 0 Å². The van der Waals surface area contributed by atoms with Crippen molar-refractivity contribution in [1.29, 1.82) is 0 Å². The van der Waals surface area contributed by atoms with E-state index in [2.05, 4.69) is 10.1 Å². The molecule has 0 aromatic heterocycles. The second kappa shape index (κ2) is 7.56. The standard InChI is InChI=1S/C7H15N2OPS2/c1-4-6-8-7-9-11(12,10-3)13-5-2/h4,6-7H,5H2,1-3H3,(H,8,9,12). The summed E-state index contributed by atoms with van der Waals surface area (Å²) in [6, 6.07) is 0. The van der Waals surface area contributed by atoms with Gasteiger partial charge in [0.15, 0.2) is 0 Å². The molecule has 0 aliphatic rings. The molecule has 0 aromatic rings. The van der Waals surface area contributed by atoms with Gasteiger partial charge in [-0.25, -0.2) is 4.76 Å². The molecule has 0 fully saturated rings. The number of hydrogen-bond acceptors (Lipinski definition) is 3. The minimum atomic E-state index is -2.02. The van der Waals surface area contributed by atoms with Crippen LogP contribution in [0.15, 0.2) is 17.0 Å². The van der Waals surface area contributed by atoms with Crippen molar-refractivity contribution in [1.82, 2.24) is 5.32 Å². The van der Waals surface area contributed by atoms with Crippen LogP contribution in [0.4, 0.5) is 0 Å². The van der Waals surface area contributed by atoms with Crippen LogP contribution in [0.25, 0.3) is 0 Å². The maximum absolute atomic E-state index is 5.24. The fourth-order valence-electron chi connectivity index (χ4n) is 0.540. The van der Waals surface area contributed by atoms with Crippen LogP contribution >= 0.6 is 17.0 Å². The van der Waals surface area contributed by atoms with E-state index in [1.165, 1.54) is 0 Å². The minimum absolute atomic E-state index is 0.923. The van der Waals surface area contributed by atoms with Crippen molar-refractivity contribution < 1.29 is 4.52 Å². The van der Waals surface area contributed by atoms with E-state index in [0.29, 0.717) is 0 Å². The lowest BCUT2D eigenvalue weighted by atomic mass is 10.7. The molecule has 0 amide bonds. The summed E-state index contributed by atoms with van der Waals surface area (Å²) < 4.78 is 9.37. The molecular weight excluding hydrogens is 223 g/mol. The van der Waals surface area contributed by atoms with Crippen LogP contribution in [-0.2, 0) is 16.3 Å². The summed E-state index contributed by atoms with van der Waals surface area (Å²) in [5.41, 5.74) is -2.02. The first-order valence-corrected chi connectivity index (χ1v) is 8.16. The Morgan fingerprint density at radius 3 is 2.85 bits per heavy atom. The summed E-state index contributed by atoms with van der Waals surface area (Å²) in [6.07, 6.45) is 5.26. The zero-order valence-electron chi connectivity index (χ0n) is 8.06. The van der Waals surface area contributed by atoms with Gasteiger partial charge >= 0.3 is 0 Å². The highest BCUT2D eigenvalue weighted by Gasteiger charge is 2.12. The molecule has 0 saturated heterocycles. The highest BCUT2D eigenvalue weighted by Crippen LogP contribution is 2.60. The Morgan fingerprint density at radius 2 is 2.38 bits per heavy atom. The van der Waals surface area contributed by atoms with E-state index in [1.54, 1.807) is 31.0 Å². The van der Waals surface area contributed by atoms with Gasteiger partial charge in [-0.3, -0.25) is 0 Å². The van der Waals surface area contributed by atoms with Crippen LogP contribution in [0.5, 0.6) is 0 Å². The maximum atomic E-state index is 5.24. The average molecular weight is 238 g/mol. The number of allylic oxidation sites excluding steroid dienone is 1. The van der Waals surface area contributed by atoms with Crippen molar-refractivity contribution in [3.63, 3.8) is 0 Å². The van der Waals surface area contributed by atoms with Gasteiger partial charge in [0.2, 0.25) is 5.62 Å². The average Bonchev–Trinajstić information content (AvgIpc) is 2.13. The number of nitrogens with zero attached hydrogens (tertiary/aromatic N) is 1. The third kappa shape index (κ3) is 6.27. The first-order valence-electron chi connectivity index (χ1n) is 3.90. The minimum Gasteiger partial charge on any atom is -0.353 e. The van der Waals surface area contributed by atoms with Crippen molar-refractivity contribution >= 4 is 35.1 Å². The van der Waals surface area contributed by atoms with Gasteiger partial charge in [-0.2, -0.15) is 0 Å². The molecule has 0 aliphatic heterocycles. The van der Waals surface area contributed by atoms with Gasteiger partial charge in [-0.05, 0) is 30.7 Å². The van der Waals surface area contributed by atoms with E-state index in [0.717, 1.165) is 5.75 Å². The molecular formula is C7H15N2OPS2. The molecule has 13 heavy (non-hydrogen) atoms. The topological polar surface area (TPSA) is 33.6 Å². The number of nitrogens with one attached hydrogen (secondary N) is 1. The van der Waals surface area contributed by atoms with Crippen molar-refractivity contribution in [3.05, 3.63) is 12.3 Å². The molecule has 1 N–H and O–H groups in total. The highest BCUT2D eigenvalue weighted by molar-refractivity contribution is 8.69. The number of hydrogen-bond donors (Lipinski definition) is 1. The van der Waals surface area contributed by atoms with Crippen molar-refractivity contribution in [3.8, 4) is 0 Å². The van der Waals surface area contributed by atoms with Crippen LogP contribution in [0.3, 0.4) is 0 Å². The summed E-state index contributed by atoms with van der Waals surface area (Å²) in [5, 5.41) is 2.88. The van der Waals surface area contributed by atoms with E-state index in [9.17, 15) is 0 Å². The molecule has 0 spiro atoms. The predicted octanol–water partition coefficient (Wildman–Crippen LogP) is 2.76. The molecule has 0 aliphatic carbocycles. The van der Waals surface area contributed by atoms with Gasteiger partial charge in [0.1, 0.15) is 0 Å². The summed E-state index contributed by atoms with van der Waals surface area (Å²) in [5.74, 6) is 0.923. The molecule has 0 rings (SSSR count). The maximum Gasteiger partial charge on any atom is 0.232 e. The largest absolute Gasteiger partial charge is 0.353 e. The van der Waals surface area contributed by atoms with E-state index in [1.807, 2.05) is 19.9 Å². The monoisotopic (exact) mass is 238 g/mol. The van der Waals surface area contributed by atoms with Gasteiger partial charge < -0.3 is 9.84 Å². The smallest absolute Gasteiger partial charge is 0.232 e. The fraction of sp³-hybridized carbons (Fsp3) is 0.571. The van der Waals surface area contributed by atoms with E-state index in [4.69, 9.17) is 16.3 Å². The Balaban J connectivity index is 4.10.